The van der Waals surface area contributed by atoms with Gasteiger partial charge in [0.1, 0.15) is 0 Å². The zero-order valence-corrected chi connectivity index (χ0v) is 12.4. The van der Waals surface area contributed by atoms with Gasteiger partial charge in [-0.1, -0.05) is 23.2 Å². The van der Waals surface area contributed by atoms with Crippen molar-refractivity contribution in [2.75, 3.05) is 13.1 Å². The second-order valence-electron chi connectivity index (χ2n) is 4.64. The molecule has 6 nitrogen and oxygen atoms in total. The van der Waals surface area contributed by atoms with Crippen molar-refractivity contribution in [1.29, 1.82) is 0 Å². The first-order chi connectivity index (χ1) is 9.47. The van der Waals surface area contributed by atoms with Crippen LogP contribution in [0.4, 0.5) is 0 Å². The van der Waals surface area contributed by atoms with Gasteiger partial charge in [-0.25, -0.2) is 0 Å². The number of hydrogen-bond donors (Lipinski definition) is 1. The van der Waals surface area contributed by atoms with Gasteiger partial charge in [0, 0.05) is 26.1 Å². The third-order valence-corrected chi connectivity index (χ3v) is 3.60. The van der Waals surface area contributed by atoms with Gasteiger partial charge in [0.25, 0.3) is 5.91 Å². The van der Waals surface area contributed by atoms with E-state index in [1.165, 1.54) is 13.0 Å². The van der Waals surface area contributed by atoms with Crippen LogP contribution in [0.5, 0.6) is 0 Å². The lowest BCUT2D eigenvalue weighted by atomic mass is 10.0. The highest BCUT2D eigenvalue weighted by atomic mass is 35.5. The smallest absolute Gasteiger partial charge is 0.257 e. The number of aromatic nitrogens is 2. The van der Waals surface area contributed by atoms with Gasteiger partial charge >= 0.3 is 0 Å². The molecule has 1 aliphatic rings. The Morgan fingerprint density at radius 1 is 1.30 bits per heavy atom. The predicted octanol–water partition coefficient (Wildman–Crippen LogP) is 1.52. The minimum Gasteiger partial charge on any atom is -0.353 e. The number of likely N-dealkylation sites (tertiary alicyclic amines) is 1. The summed E-state index contributed by atoms with van der Waals surface area (Å²) < 4.78 is 0. The van der Waals surface area contributed by atoms with Gasteiger partial charge < -0.3 is 10.2 Å². The fourth-order valence-corrected chi connectivity index (χ4v) is 2.51. The maximum Gasteiger partial charge on any atom is 0.257 e. The SMILES string of the molecule is CC(=O)NC1CCN(C(=O)c2cc(Cl)nnc2Cl)CC1. The van der Waals surface area contributed by atoms with Gasteiger partial charge in [-0.3, -0.25) is 9.59 Å². The quantitative estimate of drug-likeness (QED) is 0.897. The van der Waals surface area contributed by atoms with Gasteiger partial charge in [-0.15, -0.1) is 10.2 Å². The average molecular weight is 317 g/mol. The summed E-state index contributed by atoms with van der Waals surface area (Å²) in [6.45, 7) is 2.60. The van der Waals surface area contributed by atoms with E-state index in [1.807, 2.05) is 0 Å². The molecule has 1 fully saturated rings. The largest absolute Gasteiger partial charge is 0.353 e. The van der Waals surface area contributed by atoms with Crippen LogP contribution >= 0.6 is 23.2 Å². The van der Waals surface area contributed by atoms with Crippen LogP contribution in [0, 0.1) is 0 Å². The predicted molar refractivity (Wildman–Crippen MR) is 74.8 cm³/mol. The van der Waals surface area contributed by atoms with Crippen molar-refractivity contribution in [2.24, 2.45) is 0 Å². The van der Waals surface area contributed by atoms with Crippen molar-refractivity contribution in [3.8, 4) is 0 Å². The second-order valence-corrected chi connectivity index (χ2v) is 5.38. The lowest BCUT2D eigenvalue weighted by Gasteiger charge is -2.32. The highest BCUT2D eigenvalue weighted by molar-refractivity contribution is 6.34. The first-order valence-electron chi connectivity index (χ1n) is 6.22. The Bertz CT molecular complexity index is 530. The van der Waals surface area contributed by atoms with Gasteiger partial charge in [0.05, 0.1) is 5.56 Å². The number of nitrogens with zero attached hydrogens (tertiary/aromatic N) is 3. The van der Waals surface area contributed by atoms with Crippen molar-refractivity contribution in [3.05, 3.63) is 21.9 Å². The van der Waals surface area contributed by atoms with E-state index >= 15 is 0 Å². The molecule has 0 atom stereocenters. The molecule has 0 radical (unpaired) electrons. The molecule has 0 unspecified atom stereocenters. The maximum absolute atomic E-state index is 12.3. The van der Waals surface area contributed by atoms with Crippen LogP contribution < -0.4 is 5.32 Å². The van der Waals surface area contributed by atoms with Crippen molar-refractivity contribution in [3.63, 3.8) is 0 Å². The average Bonchev–Trinajstić information content (AvgIpc) is 2.41. The molecule has 108 valence electrons. The highest BCUT2D eigenvalue weighted by Gasteiger charge is 2.25. The van der Waals surface area contributed by atoms with E-state index < -0.39 is 0 Å². The summed E-state index contributed by atoms with van der Waals surface area (Å²) in [6, 6.07) is 1.53. The standard InChI is InChI=1S/C12H14Cl2N4O2/c1-7(19)15-8-2-4-18(5-3-8)12(20)9-6-10(13)16-17-11(9)14/h6,8H,2-5H2,1H3,(H,15,19). The van der Waals surface area contributed by atoms with Gasteiger partial charge in [-0.2, -0.15) is 0 Å². The molecule has 2 heterocycles. The summed E-state index contributed by atoms with van der Waals surface area (Å²) in [5.74, 6) is -0.268. The van der Waals surface area contributed by atoms with E-state index in [9.17, 15) is 9.59 Å². The lowest BCUT2D eigenvalue weighted by molar-refractivity contribution is -0.119. The fraction of sp³-hybridized carbons (Fsp3) is 0.500. The van der Waals surface area contributed by atoms with Crippen LogP contribution in [0.2, 0.25) is 10.3 Å². The molecule has 1 saturated heterocycles. The molecule has 1 aromatic heterocycles. The zero-order valence-electron chi connectivity index (χ0n) is 10.9. The molecular formula is C12H14Cl2N4O2. The Kier molecular flexibility index (Phi) is 4.77. The second kappa shape index (κ2) is 6.37. The fourth-order valence-electron chi connectivity index (χ4n) is 2.19. The van der Waals surface area contributed by atoms with E-state index in [4.69, 9.17) is 23.2 Å². The molecule has 1 N–H and O–H groups in total. The number of amides is 2. The number of carbonyl (C=O) groups is 2. The molecular weight excluding hydrogens is 303 g/mol. The lowest BCUT2D eigenvalue weighted by Crippen LogP contribution is -2.46. The highest BCUT2D eigenvalue weighted by Crippen LogP contribution is 2.20. The molecule has 8 heteroatoms. The van der Waals surface area contributed by atoms with E-state index in [0.29, 0.717) is 13.1 Å². The normalized spacial score (nSPS) is 16.1. The summed E-state index contributed by atoms with van der Waals surface area (Å²) >= 11 is 11.6. The van der Waals surface area contributed by atoms with Crippen LogP contribution in [-0.2, 0) is 4.79 Å². The minimum absolute atomic E-state index is 0.0448. The Hall–Kier alpha value is -1.40. The molecule has 1 aromatic rings. The van der Waals surface area contributed by atoms with Crippen LogP contribution in [-0.4, -0.2) is 46.0 Å². The molecule has 0 bridgehead atoms. The Morgan fingerprint density at radius 2 is 1.95 bits per heavy atom. The molecule has 0 aromatic carbocycles. The maximum atomic E-state index is 12.3. The monoisotopic (exact) mass is 316 g/mol. The molecule has 0 spiro atoms. The number of nitrogens with one attached hydrogen (secondary N) is 1. The topological polar surface area (TPSA) is 75.2 Å². The molecule has 2 rings (SSSR count). The molecule has 0 aliphatic carbocycles. The summed E-state index contributed by atoms with van der Waals surface area (Å²) in [4.78, 5) is 25.0. The summed E-state index contributed by atoms with van der Waals surface area (Å²) in [7, 11) is 0. The van der Waals surface area contributed by atoms with Crippen LogP contribution in [0.15, 0.2) is 6.07 Å². The number of piperidine rings is 1. The van der Waals surface area contributed by atoms with Crippen LogP contribution in [0.1, 0.15) is 30.1 Å². The summed E-state index contributed by atoms with van der Waals surface area (Å²) in [5.41, 5.74) is 0.254. The van der Waals surface area contributed by atoms with Gasteiger partial charge in [0.15, 0.2) is 10.3 Å². The van der Waals surface area contributed by atoms with E-state index in [0.717, 1.165) is 12.8 Å². The first kappa shape index (κ1) is 15.0. The van der Waals surface area contributed by atoms with Gasteiger partial charge in [-0.05, 0) is 18.9 Å². The molecule has 0 saturated carbocycles. The number of hydrogen-bond acceptors (Lipinski definition) is 4. The summed E-state index contributed by atoms with van der Waals surface area (Å²) in [5, 5.41) is 10.2. The summed E-state index contributed by atoms with van der Waals surface area (Å²) in [6.07, 6.45) is 1.43. The number of halogens is 2. The first-order valence-corrected chi connectivity index (χ1v) is 6.98. The number of rotatable bonds is 2. The third-order valence-electron chi connectivity index (χ3n) is 3.14. The minimum atomic E-state index is -0.215. The van der Waals surface area contributed by atoms with Crippen molar-refractivity contribution < 1.29 is 9.59 Å². The van der Waals surface area contributed by atoms with E-state index in [1.54, 1.807) is 4.90 Å². The molecule has 1 aliphatic heterocycles. The molecule has 2 amide bonds. The van der Waals surface area contributed by atoms with E-state index in [2.05, 4.69) is 15.5 Å². The van der Waals surface area contributed by atoms with Crippen molar-refractivity contribution >= 4 is 35.0 Å². The van der Waals surface area contributed by atoms with Crippen molar-refractivity contribution in [1.82, 2.24) is 20.4 Å². The Balaban J connectivity index is 2.01. The van der Waals surface area contributed by atoms with E-state index in [-0.39, 0.29) is 33.7 Å². The van der Waals surface area contributed by atoms with Crippen molar-refractivity contribution in [2.45, 2.75) is 25.8 Å². The van der Waals surface area contributed by atoms with Gasteiger partial charge in [0.2, 0.25) is 5.91 Å². The third kappa shape index (κ3) is 3.58. The molecule has 20 heavy (non-hydrogen) atoms. The van der Waals surface area contributed by atoms with Crippen LogP contribution in [0.3, 0.4) is 0 Å². The Labute approximate surface area is 126 Å². The van der Waals surface area contributed by atoms with Crippen LogP contribution in [0.25, 0.3) is 0 Å². The Morgan fingerprint density at radius 3 is 2.55 bits per heavy atom. The number of carbonyl (C=O) groups excluding carboxylic acids is 2. The zero-order chi connectivity index (χ0) is 14.7.